The second-order valence-electron chi connectivity index (χ2n) is 7.40. The first kappa shape index (κ1) is 19.9. The maximum absolute atomic E-state index is 13.0. The Morgan fingerprint density at radius 3 is 2.62 bits per heavy atom. The molecule has 0 atom stereocenters. The van der Waals surface area contributed by atoms with Crippen LogP contribution in [-0.2, 0) is 6.42 Å². The number of hydrogen-bond acceptors (Lipinski definition) is 5. The van der Waals surface area contributed by atoms with Crippen LogP contribution in [0.25, 0.3) is 33.4 Å². The van der Waals surface area contributed by atoms with Crippen molar-refractivity contribution in [3.05, 3.63) is 99.5 Å². The molecule has 2 heterocycles. The molecule has 2 aromatic heterocycles. The van der Waals surface area contributed by atoms with Crippen molar-refractivity contribution in [1.29, 1.82) is 0 Å². The van der Waals surface area contributed by atoms with E-state index in [0.717, 1.165) is 16.7 Å². The molecule has 0 saturated heterocycles. The number of phenolic OH excluding ortho intramolecular Hbond substituents is 2. The van der Waals surface area contributed by atoms with Crippen molar-refractivity contribution >= 4 is 22.6 Å². The minimum Gasteiger partial charge on any atom is -0.508 e. The van der Waals surface area contributed by atoms with E-state index in [9.17, 15) is 15.0 Å². The first-order valence-corrected chi connectivity index (χ1v) is 10.2. The van der Waals surface area contributed by atoms with Crippen LogP contribution in [0, 0.1) is 0 Å². The molecule has 5 aromatic rings. The Morgan fingerprint density at radius 2 is 1.81 bits per heavy atom. The topological polar surface area (TPSA) is 99.4 Å². The third-order valence-corrected chi connectivity index (χ3v) is 5.61. The molecule has 0 saturated carbocycles. The van der Waals surface area contributed by atoms with E-state index >= 15 is 0 Å². The van der Waals surface area contributed by atoms with Crippen LogP contribution in [0.3, 0.4) is 0 Å². The lowest BCUT2D eigenvalue weighted by molar-refractivity contribution is 0.473. The van der Waals surface area contributed by atoms with Crippen molar-refractivity contribution < 1.29 is 14.6 Å². The van der Waals surface area contributed by atoms with Crippen molar-refractivity contribution in [2.45, 2.75) is 6.42 Å². The van der Waals surface area contributed by atoms with Gasteiger partial charge in [-0.15, -0.1) is 0 Å². The molecule has 0 aliphatic carbocycles. The summed E-state index contributed by atoms with van der Waals surface area (Å²) in [4.78, 5) is 13.0. The van der Waals surface area contributed by atoms with E-state index in [1.165, 1.54) is 12.1 Å². The van der Waals surface area contributed by atoms with Gasteiger partial charge in [-0.25, -0.2) is 4.79 Å². The van der Waals surface area contributed by atoms with Gasteiger partial charge in [0.25, 0.3) is 0 Å². The maximum Gasteiger partial charge on any atom is 0.344 e. The number of phenols is 2. The molecule has 3 N–H and O–H groups in total. The van der Waals surface area contributed by atoms with Gasteiger partial charge >= 0.3 is 5.63 Å². The zero-order valence-corrected chi connectivity index (χ0v) is 17.4. The number of aromatic amines is 1. The summed E-state index contributed by atoms with van der Waals surface area (Å²) in [5.74, 6) is 0.0671. The molecule has 0 radical (unpaired) electrons. The van der Waals surface area contributed by atoms with Gasteiger partial charge in [-0.05, 0) is 41.5 Å². The highest BCUT2D eigenvalue weighted by molar-refractivity contribution is 6.31. The highest BCUT2D eigenvalue weighted by atomic mass is 35.5. The van der Waals surface area contributed by atoms with Crippen LogP contribution in [0.4, 0.5) is 0 Å². The molecule has 6 nitrogen and oxygen atoms in total. The van der Waals surface area contributed by atoms with Crippen molar-refractivity contribution in [3.63, 3.8) is 0 Å². The fourth-order valence-electron chi connectivity index (χ4n) is 3.91. The summed E-state index contributed by atoms with van der Waals surface area (Å²) in [5, 5.41) is 28.5. The van der Waals surface area contributed by atoms with Crippen molar-refractivity contribution in [2.24, 2.45) is 0 Å². The van der Waals surface area contributed by atoms with Gasteiger partial charge in [0.15, 0.2) is 0 Å². The monoisotopic (exact) mass is 444 g/mol. The minimum atomic E-state index is -0.500. The number of aromatic nitrogens is 2. The molecular weight excluding hydrogens is 428 g/mol. The molecule has 32 heavy (non-hydrogen) atoms. The number of nitrogens with zero attached hydrogens (tertiary/aromatic N) is 1. The van der Waals surface area contributed by atoms with Gasteiger partial charge in [0.2, 0.25) is 0 Å². The molecule has 0 bridgehead atoms. The Balaban J connectivity index is 1.75. The van der Waals surface area contributed by atoms with Gasteiger partial charge in [0.05, 0.1) is 17.5 Å². The second kappa shape index (κ2) is 7.90. The third-order valence-electron chi connectivity index (χ3n) is 5.37. The smallest absolute Gasteiger partial charge is 0.344 e. The fourth-order valence-corrected chi connectivity index (χ4v) is 4.08. The molecule has 0 amide bonds. The zero-order chi connectivity index (χ0) is 22.2. The molecule has 0 aliphatic rings. The molecule has 3 aromatic carbocycles. The third kappa shape index (κ3) is 3.50. The number of hydrogen-bond donors (Lipinski definition) is 3. The predicted octanol–water partition coefficient (Wildman–Crippen LogP) is 5.51. The van der Waals surface area contributed by atoms with Gasteiger partial charge in [0.1, 0.15) is 17.1 Å². The molecule has 5 rings (SSSR count). The predicted molar refractivity (Wildman–Crippen MR) is 123 cm³/mol. The number of benzene rings is 3. The average molecular weight is 445 g/mol. The number of halogens is 1. The zero-order valence-electron chi connectivity index (χ0n) is 16.7. The van der Waals surface area contributed by atoms with Crippen molar-refractivity contribution in [1.82, 2.24) is 10.2 Å². The lowest BCUT2D eigenvalue weighted by atomic mass is 9.92. The number of fused-ring (bicyclic) bond motifs is 1. The SMILES string of the molecule is O=c1oc2cc(O)ccc2c(Cc2cn[nH]c2-c2cc(Cl)ccc2O)c1-c1ccccc1. The minimum absolute atomic E-state index is 0.00640. The molecule has 0 spiro atoms. The van der Waals surface area contributed by atoms with Gasteiger partial charge in [-0.3, -0.25) is 5.10 Å². The van der Waals surface area contributed by atoms with Gasteiger partial charge in [0, 0.05) is 34.0 Å². The Kier molecular flexibility index (Phi) is 4.92. The second-order valence-corrected chi connectivity index (χ2v) is 7.83. The van der Waals surface area contributed by atoms with Gasteiger partial charge in [-0.2, -0.15) is 5.10 Å². The van der Waals surface area contributed by atoms with E-state index in [2.05, 4.69) is 10.2 Å². The summed E-state index contributed by atoms with van der Waals surface area (Å²) in [7, 11) is 0. The van der Waals surface area contributed by atoms with Crippen LogP contribution in [-0.4, -0.2) is 20.4 Å². The van der Waals surface area contributed by atoms with E-state index in [1.807, 2.05) is 30.3 Å². The van der Waals surface area contributed by atoms with Crippen LogP contribution in [0.15, 0.2) is 82.1 Å². The summed E-state index contributed by atoms with van der Waals surface area (Å²) < 4.78 is 5.54. The molecule has 0 aliphatic heterocycles. The first-order chi connectivity index (χ1) is 15.5. The normalized spacial score (nSPS) is 11.2. The molecule has 0 unspecified atom stereocenters. The fraction of sp³-hybridized carbons (Fsp3) is 0.0400. The summed E-state index contributed by atoms with van der Waals surface area (Å²) in [6.45, 7) is 0. The van der Waals surface area contributed by atoms with Gasteiger partial charge < -0.3 is 14.6 Å². The van der Waals surface area contributed by atoms with E-state index in [1.54, 1.807) is 30.5 Å². The van der Waals surface area contributed by atoms with Crippen LogP contribution < -0.4 is 5.63 Å². The van der Waals surface area contributed by atoms with Crippen LogP contribution in [0.5, 0.6) is 11.5 Å². The van der Waals surface area contributed by atoms with E-state index < -0.39 is 5.63 Å². The maximum atomic E-state index is 13.0. The average Bonchev–Trinajstić information content (AvgIpc) is 3.23. The number of rotatable bonds is 4. The highest BCUT2D eigenvalue weighted by Gasteiger charge is 2.20. The Labute approximate surface area is 187 Å². The highest BCUT2D eigenvalue weighted by Crippen LogP contribution is 2.36. The summed E-state index contributed by atoms with van der Waals surface area (Å²) >= 11 is 6.14. The number of nitrogens with one attached hydrogen (secondary N) is 1. The van der Waals surface area contributed by atoms with E-state index in [-0.39, 0.29) is 11.5 Å². The molecule has 7 heteroatoms. The summed E-state index contributed by atoms with van der Waals surface area (Å²) in [6, 6.07) is 18.8. The molecular formula is C25H17ClN2O4. The van der Waals surface area contributed by atoms with Crippen molar-refractivity contribution in [3.8, 4) is 33.9 Å². The number of H-pyrrole nitrogens is 1. The standard InChI is InChI=1S/C25H17ClN2O4/c26-16-6-9-21(30)20(11-16)24-15(13-27-28-24)10-19-18-8-7-17(29)12-22(18)32-25(31)23(19)14-4-2-1-3-5-14/h1-9,11-13,29-30H,10H2,(H,27,28). The lowest BCUT2D eigenvalue weighted by Gasteiger charge is -2.13. The van der Waals surface area contributed by atoms with Crippen molar-refractivity contribution in [2.75, 3.05) is 0 Å². The quantitative estimate of drug-likeness (QED) is 0.317. The van der Waals surface area contributed by atoms with Crippen LogP contribution in [0.2, 0.25) is 5.02 Å². The number of aromatic hydroxyl groups is 2. The summed E-state index contributed by atoms with van der Waals surface area (Å²) in [6.07, 6.45) is 1.99. The largest absolute Gasteiger partial charge is 0.508 e. The Hall–Kier alpha value is -4.03. The van der Waals surface area contributed by atoms with E-state index in [0.29, 0.717) is 39.2 Å². The van der Waals surface area contributed by atoms with E-state index in [4.69, 9.17) is 16.0 Å². The van der Waals surface area contributed by atoms with Crippen LogP contribution in [0.1, 0.15) is 11.1 Å². The first-order valence-electron chi connectivity index (χ1n) is 9.86. The summed E-state index contributed by atoms with van der Waals surface area (Å²) in [5.41, 5.74) is 3.56. The lowest BCUT2D eigenvalue weighted by Crippen LogP contribution is -2.09. The molecule has 158 valence electrons. The molecule has 0 fully saturated rings. The van der Waals surface area contributed by atoms with Crippen LogP contribution >= 0.6 is 11.6 Å². The Bertz CT molecular complexity index is 1510. The Morgan fingerprint density at radius 1 is 1.00 bits per heavy atom. The van der Waals surface area contributed by atoms with Gasteiger partial charge in [-0.1, -0.05) is 41.9 Å².